The highest BCUT2D eigenvalue weighted by Crippen LogP contribution is 2.28. The third-order valence-electron chi connectivity index (χ3n) is 4.74. The summed E-state index contributed by atoms with van der Waals surface area (Å²) in [4.78, 5) is 32.9. The number of hydrogen-bond acceptors (Lipinski definition) is 4. The maximum atomic E-state index is 13.4. The molecule has 0 saturated carbocycles. The van der Waals surface area contributed by atoms with Crippen LogP contribution in [0.3, 0.4) is 0 Å². The first-order chi connectivity index (χ1) is 15.1. The van der Waals surface area contributed by atoms with Crippen molar-refractivity contribution < 1.29 is 27.2 Å². The third kappa shape index (κ3) is 3.94. The number of fused-ring (bicyclic) bond motifs is 1. The number of hydrogen-bond donors (Lipinski definition) is 1. The number of Topliss-reactive ketones (excluding diaryl/α,β-unsaturated/α-hetero) is 1. The zero-order valence-electron chi connectivity index (χ0n) is 16.4. The van der Waals surface area contributed by atoms with Crippen molar-refractivity contribution in [3.8, 4) is 11.4 Å². The second-order valence-electron chi connectivity index (χ2n) is 6.90. The van der Waals surface area contributed by atoms with Gasteiger partial charge in [0.1, 0.15) is 5.82 Å². The zero-order valence-corrected chi connectivity index (χ0v) is 16.4. The lowest BCUT2D eigenvalue weighted by Crippen LogP contribution is -2.24. The molecule has 1 amide bonds. The molecule has 0 aliphatic heterocycles. The van der Waals surface area contributed by atoms with Gasteiger partial charge in [0.15, 0.2) is 5.82 Å². The first-order valence-corrected chi connectivity index (χ1v) is 9.27. The van der Waals surface area contributed by atoms with Gasteiger partial charge in [-0.25, -0.2) is 14.4 Å². The quantitative estimate of drug-likeness (QED) is 0.368. The number of carbonyl (C=O) groups excluding carboxylic acids is 2. The van der Waals surface area contributed by atoms with Crippen LogP contribution in [-0.4, -0.2) is 32.5 Å². The predicted octanol–water partition coefficient (Wildman–Crippen LogP) is 4.67. The molecule has 0 spiro atoms. The zero-order chi connectivity index (χ0) is 23.0. The van der Waals surface area contributed by atoms with Gasteiger partial charge in [-0.15, -0.1) is 0 Å². The van der Waals surface area contributed by atoms with E-state index >= 15 is 0 Å². The Labute approximate surface area is 178 Å². The fourth-order valence-corrected chi connectivity index (χ4v) is 3.23. The Morgan fingerprint density at radius 3 is 2.47 bits per heavy atom. The molecule has 2 aromatic carbocycles. The second kappa shape index (κ2) is 7.88. The van der Waals surface area contributed by atoms with Gasteiger partial charge >= 0.3 is 6.18 Å². The van der Waals surface area contributed by atoms with Crippen molar-refractivity contribution in [2.24, 2.45) is 0 Å². The summed E-state index contributed by atoms with van der Waals surface area (Å²) >= 11 is 0. The van der Waals surface area contributed by atoms with Crippen LogP contribution in [0.5, 0.6) is 0 Å². The van der Waals surface area contributed by atoms with Gasteiger partial charge in [-0.1, -0.05) is 30.3 Å². The number of halogens is 4. The van der Waals surface area contributed by atoms with Gasteiger partial charge in [0.05, 0.1) is 22.3 Å². The maximum absolute atomic E-state index is 13.4. The second-order valence-corrected chi connectivity index (χ2v) is 6.90. The molecular weight excluding hydrogens is 428 g/mol. The van der Waals surface area contributed by atoms with Crippen molar-refractivity contribution in [1.82, 2.24) is 14.6 Å². The number of para-hydroxylation sites is 1. The minimum atomic E-state index is -5.06. The molecule has 0 saturated heterocycles. The summed E-state index contributed by atoms with van der Waals surface area (Å²) in [5, 5.41) is 0.0459. The molecule has 6 nitrogen and oxygen atoms in total. The van der Waals surface area contributed by atoms with Gasteiger partial charge in [0.2, 0.25) is 0 Å². The first-order valence-electron chi connectivity index (χ1n) is 9.27. The van der Waals surface area contributed by atoms with Gasteiger partial charge in [0.25, 0.3) is 11.7 Å². The predicted molar refractivity (Wildman–Crippen MR) is 108 cm³/mol. The van der Waals surface area contributed by atoms with E-state index in [1.54, 1.807) is 19.1 Å². The summed E-state index contributed by atoms with van der Waals surface area (Å²) in [6, 6.07) is 11.5. The molecule has 4 aromatic rings. The minimum absolute atomic E-state index is 0.0459. The number of nitrogens with zero attached hydrogens (tertiary/aromatic N) is 3. The average molecular weight is 442 g/mol. The Balaban J connectivity index is 1.67. The van der Waals surface area contributed by atoms with E-state index in [9.17, 15) is 27.2 Å². The van der Waals surface area contributed by atoms with Crippen molar-refractivity contribution >= 4 is 22.6 Å². The minimum Gasteiger partial charge on any atom is -0.284 e. The number of benzene rings is 2. The SMILES string of the molecule is Cc1nc(-c2cccc(F)c2)ncc1C(=O)Nn1cc(C(=O)C(F)(F)F)c2ccccc21. The molecule has 0 fully saturated rings. The molecule has 0 atom stereocenters. The summed E-state index contributed by atoms with van der Waals surface area (Å²) in [5.74, 6) is -2.96. The molecule has 1 N–H and O–H groups in total. The van der Waals surface area contributed by atoms with Crippen LogP contribution in [0.1, 0.15) is 26.4 Å². The molecule has 2 aromatic heterocycles. The summed E-state index contributed by atoms with van der Waals surface area (Å²) in [7, 11) is 0. The number of carbonyl (C=O) groups is 2. The molecule has 0 radical (unpaired) electrons. The number of ketones is 1. The normalized spacial score (nSPS) is 11.5. The summed E-state index contributed by atoms with van der Waals surface area (Å²) < 4.78 is 53.4. The Hall–Kier alpha value is -4.08. The van der Waals surface area contributed by atoms with Gasteiger partial charge < -0.3 is 0 Å². The van der Waals surface area contributed by atoms with E-state index in [4.69, 9.17) is 0 Å². The largest absolute Gasteiger partial charge is 0.454 e. The monoisotopic (exact) mass is 442 g/mol. The number of rotatable bonds is 4. The lowest BCUT2D eigenvalue weighted by molar-refractivity contribution is -0.0884. The molecule has 0 aliphatic carbocycles. The van der Waals surface area contributed by atoms with Crippen LogP contribution in [-0.2, 0) is 0 Å². The smallest absolute Gasteiger partial charge is 0.284 e. The van der Waals surface area contributed by atoms with E-state index in [0.717, 1.165) is 10.9 Å². The van der Waals surface area contributed by atoms with Gasteiger partial charge in [-0.2, -0.15) is 13.2 Å². The lowest BCUT2D eigenvalue weighted by atomic mass is 10.1. The molecule has 32 heavy (non-hydrogen) atoms. The van der Waals surface area contributed by atoms with Crippen LogP contribution in [0.4, 0.5) is 17.6 Å². The Kier molecular flexibility index (Phi) is 5.21. The number of aromatic nitrogens is 3. The number of nitrogens with one attached hydrogen (secondary N) is 1. The van der Waals surface area contributed by atoms with Crippen LogP contribution in [0.25, 0.3) is 22.3 Å². The molecule has 162 valence electrons. The molecule has 0 bridgehead atoms. The fourth-order valence-electron chi connectivity index (χ4n) is 3.23. The van der Waals surface area contributed by atoms with Crippen molar-refractivity contribution in [2.75, 3.05) is 5.43 Å². The van der Waals surface area contributed by atoms with Crippen molar-refractivity contribution in [2.45, 2.75) is 13.1 Å². The molecule has 0 unspecified atom stereocenters. The van der Waals surface area contributed by atoms with E-state index in [2.05, 4.69) is 15.4 Å². The highest BCUT2D eigenvalue weighted by atomic mass is 19.4. The van der Waals surface area contributed by atoms with E-state index in [1.807, 2.05) is 0 Å². The van der Waals surface area contributed by atoms with Crippen LogP contribution >= 0.6 is 0 Å². The number of aryl methyl sites for hydroxylation is 1. The fraction of sp³-hybridized carbons (Fsp3) is 0.0909. The van der Waals surface area contributed by atoms with E-state index in [1.165, 1.54) is 42.6 Å². The summed E-state index contributed by atoms with van der Waals surface area (Å²) in [5.41, 5.74) is 2.85. The molecule has 2 heterocycles. The Bertz CT molecular complexity index is 1360. The molecular formula is C22H14F4N4O2. The van der Waals surface area contributed by atoms with E-state index < -0.39 is 29.2 Å². The Morgan fingerprint density at radius 2 is 1.78 bits per heavy atom. The van der Waals surface area contributed by atoms with E-state index in [0.29, 0.717) is 5.56 Å². The standard InChI is InChI=1S/C22H14F4N4O2/c1-12-16(10-27-20(28-12)13-5-4-6-14(23)9-13)21(32)29-30-11-17(19(31)22(24,25)26)15-7-2-3-8-18(15)30/h2-11H,1H3,(H,29,32). The van der Waals surface area contributed by atoms with Crippen LogP contribution in [0, 0.1) is 12.7 Å². The topological polar surface area (TPSA) is 76.9 Å². The highest BCUT2D eigenvalue weighted by molar-refractivity contribution is 6.11. The molecule has 4 rings (SSSR count). The molecule has 0 aliphatic rings. The van der Waals surface area contributed by atoms with Crippen molar-refractivity contribution in [3.05, 3.63) is 83.6 Å². The number of amides is 1. The van der Waals surface area contributed by atoms with Crippen molar-refractivity contribution in [3.63, 3.8) is 0 Å². The van der Waals surface area contributed by atoms with Crippen LogP contribution < -0.4 is 5.43 Å². The van der Waals surface area contributed by atoms with Crippen molar-refractivity contribution in [1.29, 1.82) is 0 Å². The molecule has 10 heteroatoms. The Morgan fingerprint density at radius 1 is 1.03 bits per heavy atom. The maximum Gasteiger partial charge on any atom is 0.454 e. The van der Waals surface area contributed by atoms with Crippen LogP contribution in [0.2, 0.25) is 0 Å². The van der Waals surface area contributed by atoms with Gasteiger partial charge in [0, 0.05) is 23.3 Å². The highest BCUT2D eigenvalue weighted by Gasteiger charge is 2.41. The lowest BCUT2D eigenvalue weighted by Gasteiger charge is -2.10. The van der Waals surface area contributed by atoms with E-state index in [-0.39, 0.29) is 28.0 Å². The summed E-state index contributed by atoms with van der Waals surface area (Å²) in [6.45, 7) is 1.55. The summed E-state index contributed by atoms with van der Waals surface area (Å²) in [6.07, 6.45) is -2.89. The average Bonchev–Trinajstić information content (AvgIpc) is 3.10. The van der Waals surface area contributed by atoms with Gasteiger partial charge in [-0.05, 0) is 25.1 Å². The first kappa shape index (κ1) is 21.2. The number of alkyl halides is 3. The van der Waals surface area contributed by atoms with Crippen LogP contribution in [0.15, 0.2) is 60.9 Å². The third-order valence-corrected chi connectivity index (χ3v) is 4.74. The van der Waals surface area contributed by atoms with Gasteiger partial charge in [-0.3, -0.25) is 19.7 Å².